The second-order valence-electron chi connectivity index (χ2n) is 5.59. The summed E-state index contributed by atoms with van der Waals surface area (Å²) < 4.78 is 19.2. The fraction of sp³-hybridized carbons (Fsp3) is 0.150. The monoisotopic (exact) mass is 366 g/mol. The van der Waals surface area contributed by atoms with Gasteiger partial charge in [0, 0.05) is 18.3 Å². The molecular weight excluding hydrogens is 347 g/mol. The summed E-state index contributed by atoms with van der Waals surface area (Å²) in [5.74, 6) is 0.120. The zero-order chi connectivity index (χ0) is 19.1. The third-order valence-corrected chi connectivity index (χ3v) is 3.72. The van der Waals surface area contributed by atoms with E-state index >= 15 is 0 Å². The van der Waals surface area contributed by atoms with Crippen LogP contribution in [-0.2, 0) is 6.54 Å². The summed E-state index contributed by atoms with van der Waals surface area (Å²) in [4.78, 5) is 20.8. The van der Waals surface area contributed by atoms with Gasteiger partial charge in [-0.3, -0.25) is 4.79 Å². The Morgan fingerprint density at radius 1 is 1.11 bits per heavy atom. The molecule has 0 aliphatic carbocycles. The van der Waals surface area contributed by atoms with Crippen LogP contribution < -0.4 is 15.4 Å². The van der Waals surface area contributed by atoms with Crippen LogP contribution in [0, 0.1) is 5.82 Å². The fourth-order valence-corrected chi connectivity index (χ4v) is 2.42. The second kappa shape index (κ2) is 8.75. The van der Waals surface area contributed by atoms with Gasteiger partial charge in [0.15, 0.2) is 0 Å². The molecule has 3 aromatic rings. The van der Waals surface area contributed by atoms with Crippen molar-refractivity contribution >= 4 is 17.5 Å². The number of halogens is 1. The van der Waals surface area contributed by atoms with E-state index in [9.17, 15) is 9.18 Å². The molecule has 0 radical (unpaired) electrons. The number of para-hydroxylation sites is 2. The lowest BCUT2D eigenvalue weighted by molar-refractivity contribution is 0.102. The number of carbonyl (C=O) groups excluding carboxylic acids is 1. The van der Waals surface area contributed by atoms with E-state index in [0.29, 0.717) is 23.6 Å². The number of rotatable bonds is 7. The summed E-state index contributed by atoms with van der Waals surface area (Å²) >= 11 is 0. The lowest BCUT2D eigenvalue weighted by Crippen LogP contribution is -2.16. The van der Waals surface area contributed by atoms with Crippen molar-refractivity contribution < 1.29 is 13.9 Å². The van der Waals surface area contributed by atoms with Crippen molar-refractivity contribution in [3.8, 4) is 5.75 Å². The highest BCUT2D eigenvalue weighted by Crippen LogP contribution is 2.24. The predicted molar refractivity (Wildman–Crippen MR) is 101 cm³/mol. The SMILES string of the molecule is CCOc1ccccc1NC(=O)c1ccnc(NCc2ccccc2F)n1. The number of amides is 1. The molecule has 7 heteroatoms. The third kappa shape index (κ3) is 4.78. The maximum absolute atomic E-state index is 13.7. The van der Waals surface area contributed by atoms with Crippen LogP contribution in [0.25, 0.3) is 0 Å². The number of hydrogen-bond acceptors (Lipinski definition) is 5. The fourth-order valence-electron chi connectivity index (χ4n) is 2.42. The molecule has 0 saturated carbocycles. The van der Waals surface area contributed by atoms with Crippen LogP contribution >= 0.6 is 0 Å². The highest BCUT2D eigenvalue weighted by atomic mass is 19.1. The van der Waals surface area contributed by atoms with E-state index in [1.54, 1.807) is 36.4 Å². The Morgan fingerprint density at radius 3 is 2.70 bits per heavy atom. The number of ether oxygens (including phenoxy) is 1. The molecule has 0 atom stereocenters. The summed E-state index contributed by atoms with van der Waals surface area (Å²) in [5, 5.41) is 5.71. The minimum absolute atomic E-state index is 0.187. The molecule has 138 valence electrons. The zero-order valence-corrected chi connectivity index (χ0v) is 14.8. The van der Waals surface area contributed by atoms with E-state index in [1.807, 2.05) is 13.0 Å². The average Bonchev–Trinajstić information content (AvgIpc) is 2.69. The Balaban J connectivity index is 1.70. The predicted octanol–water partition coefficient (Wildman–Crippen LogP) is 3.88. The van der Waals surface area contributed by atoms with Crippen LogP contribution in [0.1, 0.15) is 23.0 Å². The lowest BCUT2D eigenvalue weighted by Gasteiger charge is -2.11. The first-order chi connectivity index (χ1) is 13.2. The molecule has 0 fully saturated rings. The number of nitrogens with zero attached hydrogens (tertiary/aromatic N) is 2. The van der Waals surface area contributed by atoms with Gasteiger partial charge in [0.25, 0.3) is 5.91 Å². The van der Waals surface area contributed by atoms with Crippen LogP contribution in [0.2, 0.25) is 0 Å². The van der Waals surface area contributed by atoms with Crippen molar-refractivity contribution in [2.75, 3.05) is 17.2 Å². The Labute approximate surface area is 156 Å². The van der Waals surface area contributed by atoms with Gasteiger partial charge in [-0.1, -0.05) is 30.3 Å². The summed E-state index contributed by atoms with van der Waals surface area (Å²) in [6.45, 7) is 2.58. The summed E-state index contributed by atoms with van der Waals surface area (Å²) in [6.07, 6.45) is 1.47. The minimum atomic E-state index is -0.390. The van der Waals surface area contributed by atoms with E-state index in [2.05, 4.69) is 20.6 Å². The Kier molecular flexibility index (Phi) is 5.94. The molecule has 2 aromatic carbocycles. The molecule has 0 spiro atoms. The molecule has 0 aliphatic heterocycles. The Morgan fingerprint density at radius 2 is 1.89 bits per heavy atom. The summed E-state index contributed by atoms with van der Waals surface area (Å²) in [7, 11) is 0. The number of benzene rings is 2. The molecule has 1 aromatic heterocycles. The van der Waals surface area contributed by atoms with Crippen LogP contribution in [-0.4, -0.2) is 22.5 Å². The molecule has 0 bridgehead atoms. The van der Waals surface area contributed by atoms with Gasteiger partial charge in [0.05, 0.1) is 12.3 Å². The number of carbonyl (C=O) groups is 1. The maximum Gasteiger partial charge on any atom is 0.274 e. The molecule has 1 heterocycles. The average molecular weight is 366 g/mol. The number of anilines is 2. The number of aromatic nitrogens is 2. The van der Waals surface area contributed by atoms with Crippen LogP contribution in [0.3, 0.4) is 0 Å². The Bertz CT molecular complexity index is 933. The van der Waals surface area contributed by atoms with E-state index in [-0.39, 0.29) is 24.0 Å². The Hall–Kier alpha value is -3.48. The van der Waals surface area contributed by atoms with Gasteiger partial charge in [-0.2, -0.15) is 0 Å². The molecule has 0 saturated heterocycles. The third-order valence-electron chi connectivity index (χ3n) is 3.72. The molecule has 0 aliphatic rings. The van der Waals surface area contributed by atoms with Crippen molar-refractivity contribution in [3.63, 3.8) is 0 Å². The van der Waals surface area contributed by atoms with Gasteiger partial charge in [-0.25, -0.2) is 14.4 Å². The van der Waals surface area contributed by atoms with Gasteiger partial charge < -0.3 is 15.4 Å². The second-order valence-corrected chi connectivity index (χ2v) is 5.59. The van der Waals surface area contributed by atoms with E-state index in [4.69, 9.17) is 4.74 Å². The molecule has 0 unspecified atom stereocenters. The quantitative estimate of drug-likeness (QED) is 0.664. The zero-order valence-electron chi connectivity index (χ0n) is 14.8. The standard InChI is InChI=1S/C20H19FN4O2/c1-2-27-18-10-6-5-9-16(18)24-19(26)17-11-12-22-20(25-17)23-13-14-7-3-4-8-15(14)21/h3-12H,2,13H2,1H3,(H,24,26)(H,22,23,25). The maximum atomic E-state index is 13.7. The molecule has 1 amide bonds. The number of hydrogen-bond donors (Lipinski definition) is 2. The van der Waals surface area contributed by atoms with E-state index in [1.165, 1.54) is 18.3 Å². The van der Waals surface area contributed by atoms with Crippen molar-refractivity contribution in [1.29, 1.82) is 0 Å². The van der Waals surface area contributed by atoms with Gasteiger partial charge >= 0.3 is 0 Å². The first-order valence-electron chi connectivity index (χ1n) is 8.51. The minimum Gasteiger partial charge on any atom is -0.492 e. The van der Waals surface area contributed by atoms with Crippen LogP contribution in [0.15, 0.2) is 60.8 Å². The normalized spacial score (nSPS) is 10.3. The number of nitrogens with one attached hydrogen (secondary N) is 2. The molecular formula is C20H19FN4O2. The van der Waals surface area contributed by atoms with Crippen molar-refractivity contribution in [1.82, 2.24) is 9.97 Å². The van der Waals surface area contributed by atoms with Crippen molar-refractivity contribution in [2.24, 2.45) is 0 Å². The highest BCUT2D eigenvalue weighted by Gasteiger charge is 2.12. The van der Waals surface area contributed by atoms with Gasteiger partial charge in [0.2, 0.25) is 5.95 Å². The van der Waals surface area contributed by atoms with Crippen LogP contribution in [0.4, 0.5) is 16.0 Å². The first-order valence-corrected chi connectivity index (χ1v) is 8.51. The van der Waals surface area contributed by atoms with Crippen LogP contribution in [0.5, 0.6) is 5.75 Å². The molecule has 2 N–H and O–H groups in total. The highest BCUT2D eigenvalue weighted by molar-refractivity contribution is 6.03. The van der Waals surface area contributed by atoms with E-state index < -0.39 is 5.91 Å². The van der Waals surface area contributed by atoms with E-state index in [0.717, 1.165) is 0 Å². The topological polar surface area (TPSA) is 76.1 Å². The smallest absolute Gasteiger partial charge is 0.274 e. The lowest BCUT2D eigenvalue weighted by atomic mass is 10.2. The van der Waals surface area contributed by atoms with Crippen molar-refractivity contribution in [3.05, 3.63) is 77.9 Å². The van der Waals surface area contributed by atoms with Gasteiger partial charge in [0.1, 0.15) is 17.3 Å². The van der Waals surface area contributed by atoms with Crippen molar-refractivity contribution in [2.45, 2.75) is 13.5 Å². The van der Waals surface area contributed by atoms with Gasteiger partial charge in [-0.05, 0) is 31.2 Å². The summed E-state index contributed by atoms with van der Waals surface area (Å²) in [6, 6.07) is 15.1. The summed E-state index contributed by atoms with van der Waals surface area (Å²) in [5.41, 5.74) is 1.23. The first kappa shape index (κ1) is 18.3. The largest absolute Gasteiger partial charge is 0.492 e. The molecule has 6 nitrogen and oxygen atoms in total. The molecule has 3 rings (SSSR count). The molecule has 27 heavy (non-hydrogen) atoms. The van der Waals surface area contributed by atoms with Gasteiger partial charge in [-0.15, -0.1) is 0 Å².